The van der Waals surface area contributed by atoms with Gasteiger partial charge in [0, 0.05) is 37.2 Å². The van der Waals surface area contributed by atoms with E-state index in [1.165, 1.54) is 35.4 Å². The fraction of sp³-hybridized carbons (Fsp3) is 0.421. The molecule has 1 aliphatic heterocycles. The zero-order chi connectivity index (χ0) is 16.8. The number of nitrogens with zero attached hydrogens (tertiary/aromatic N) is 2. The van der Waals surface area contributed by atoms with E-state index in [1.54, 1.807) is 16.2 Å². The lowest BCUT2D eigenvalue weighted by Gasteiger charge is -2.31. The summed E-state index contributed by atoms with van der Waals surface area (Å²) in [6.45, 7) is 3.45. The minimum Gasteiger partial charge on any atom is -0.371 e. The molecule has 0 unspecified atom stereocenters. The minimum absolute atomic E-state index is 0.0307. The summed E-state index contributed by atoms with van der Waals surface area (Å²) < 4.78 is 0. The van der Waals surface area contributed by atoms with Gasteiger partial charge in [-0.1, -0.05) is 24.3 Å². The fourth-order valence-electron chi connectivity index (χ4n) is 3.13. The van der Waals surface area contributed by atoms with Crippen molar-refractivity contribution in [3.8, 4) is 0 Å². The number of hydrogen-bond acceptors (Lipinski definition) is 3. The second-order valence-electron chi connectivity index (χ2n) is 6.27. The molecule has 1 aromatic carbocycles. The molecule has 24 heavy (non-hydrogen) atoms. The van der Waals surface area contributed by atoms with Gasteiger partial charge in [-0.25, -0.2) is 4.79 Å². The molecule has 5 heteroatoms. The number of anilines is 1. The Balaban J connectivity index is 1.61. The van der Waals surface area contributed by atoms with Crippen LogP contribution in [0.4, 0.5) is 10.5 Å². The molecular weight excluding hydrogens is 318 g/mol. The Bertz CT molecular complexity index is 650. The van der Waals surface area contributed by atoms with Gasteiger partial charge in [0.1, 0.15) is 0 Å². The number of thiophene rings is 1. The largest absolute Gasteiger partial charge is 0.371 e. The summed E-state index contributed by atoms with van der Waals surface area (Å²) in [5, 5.41) is 5.02. The molecule has 0 radical (unpaired) electrons. The maximum absolute atomic E-state index is 12.3. The number of carbonyl (C=O) groups is 1. The second kappa shape index (κ2) is 8.20. The van der Waals surface area contributed by atoms with Crippen LogP contribution in [0.5, 0.6) is 0 Å². The molecule has 0 aliphatic carbocycles. The lowest BCUT2D eigenvalue weighted by Crippen LogP contribution is -2.37. The highest BCUT2D eigenvalue weighted by Crippen LogP contribution is 2.25. The van der Waals surface area contributed by atoms with Crippen molar-refractivity contribution in [1.29, 1.82) is 0 Å². The number of benzene rings is 1. The summed E-state index contributed by atoms with van der Waals surface area (Å²) in [5.41, 5.74) is 2.49. The van der Waals surface area contributed by atoms with Crippen molar-refractivity contribution in [2.24, 2.45) is 0 Å². The Morgan fingerprint density at radius 2 is 1.96 bits per heavy atom. The summed E-state index contributed by atoms with van der Waals surface area (Å²) >= 11 is 1.66. The van der Waals surface area contributed by atoms with E-state index in [9.17, 15) is 4.79 Å². The summed E-state index contributed by atoms with van der Waals surface area (Å²) in [6.07, 6.45) is 3.83. The van der Waals surface area contributed by atoms with Gasteiger partial charge in [-0.05, 0) is 42.3 Å². The van der Waals surface area contributed by atoms with Gasteiger partial charge in [-0.3, -0.25) is 0 Å². The van der Waals surface area contributed by atoms with Crippen LogP contribution >= 0.6 is 11.3 Å². The maximum atomic E-state index is 12.3. The molecule has 1 aliphatic rings. The van der Waals surface area contributed by atoms with E-state index < -0.39 is 0 Å². The third kappa shape index (κ3) is 4.29. The molecule has 1 saturated heterocycles. The average molecular weight is 343 g/mol. The number of hydrogen-bond donors (Lipinski definition) is 1. The van der Waals surface area contributed by atoms with Gasteiger partial charge in [0.25, 0.3) is 0 Å². The van der Waals surface area contributed by atoms with Gasteiger partial charge in [0.2, 0.25) is 0 Å². The molecule has 2 amide bonds. The zero-order valence-corrected chi connectivity index (χ0v) is 15.0. The van der Waals surface area contributed by atoms with Crippen LogP contribution in [0.25, 0.3) is 0 Å². The molecule has 0 atom stereocenters. The van der Waals surface area contributed by atoms with Crippen LogP contribution in [0, 0.1) is 0 Å². The number of nitrogens with one attached hydrogen (secondary N) is 1. The van der Waals surface area contributed by atoms with Gasteiger partial charge in [0.15, 0.2) is 0 Å². The molecule has 1 aromatic heterocycles. The Morgan fingerprint density at radius 3 is 2.71 bits per heavy atom. The molecular formula is C19H25N3OS. The van der Waals surface area contributed by atoms with Crippen molar-refractivity contribution in [3.05, 3.63) is 52.2 Å². The van der Waals surface area contributed by atoms with Gasteiger partial charge >= 0.3 is 6.03 Å². The molecule has 2 aromatic rings. The van der Waals surface area contributed by atoms with E-state index in [4.69, 9.17) is 0 Å². The monoisotopic (exact) mass is 343 g/mol. The maximum Gasteiger partial charge on any atom is 0.317 e. The molecule has 3 rings (SSSR count). The molecule has 2 heterocycles. The lowest BCUT2D eigenvalue weighted by atomic mass is 10.1. The van der Waals surface area contributed by atoms with Gasteiger partial charge in [-0.15, -0.1) is 11.3 Å². The third-order valence-electron chi connectivity index (χ3n) is 4.44. The van der Waals surface area contributed by atoms with Crippen molar-refractivity contribution in [2.75, 3.05) is 25.0 Å². The summed E-state index contributed by atoms with van der Waals surface area (Å²) in [6, 6.07) is 12.5. The highest BCUT2D eigenvalue weighted by molar-refractivity contribution is 7.09. The number of rotatable bonds is 5. The third-order valence-corrected chi connectivity index (χ3v) is 5.31. The van der Waals surface area contributed by atoms with E-state index in [2.05, 4.69) is 34.5 Å². The van der Waals surface area contributed by atoms with Gasteiger partial charge in [0.05, 0.1) is 6.54 Å². The fourth-order valence-corrected chi connectivity index (χ4v) is 3.77. The van der Waals surface area contributed by atoms with Crippen molar-refractivity contribution in [3.63, 3.8) is 0 Å². The molecule has 0 saturated carbocycles. The van der Waals surface area contributed by atoms with E-state index in [0.29, 0.717) is 13.1 Å². The molecule has 0 spiro atoms. The Kier molecular flexibility index (Phi) is 5.75. The average Bonchev–Trinajstić information content (AvgIpc) is 3.14. The SMILES string of the molecule is CN(Cc1ccccc1N1CCCCC1)C(=O)NCc1cccs1. The Hall–Kier alpha value is -2.01. The zero-order valence-electron chi connectivity index (χ0n) is 14.2. The van der Waals surface area contributed by atoms with E-state index >= 15 is 0 Å². The highest BCUT2D eigenvalue weighted by Gasteiger charge is 2.16. The molecule has 4 nitrogen and oxygen atoms in total. The van der Waals surface area contributed by atoms with E-state index in [-0.39, 0.29) is 6.03 Å². The highest BCUT2D eigenvalue weighted by atomic mass is 32.1. The van der Waals surface area contributed by atoms with Gasteiger partial charge in [-0.2, -0.15) is 0 Å². The minimum atomic E-state index is -0.0307. The predicted octanol–water partition coefficient (Wildman–Crippen LogP) is 4.08. The van der Waals surface area contributed by atoms with E-state index in [0.717, 1.165) is 13.1 Å². The first-order chi connectivity index (χ1) is 11.7. The quantitative estimate of drug-likeness (QED) is 0.888. The second-order valence-corrected chi connectivity index (χ2v) is 7.30. The van der Waals surface area contributed by atoms with E-state index in [1.807, 2.05) is 24.6 Å². The number of carbonyl (C=O) groups excluding carboxylic acids is 1. The van der Waals surface area contributed by atoms with Crippen molar-refractivity contribution < 1.29 is 4.79 Å². The van der Waals surface area contributed by atoms with Crippen LogP contribution in [0.1, 0.15) is 29.7 Å². The first kappa shape index (κ1) is 16.8. The number of piperidine rings is 1. The summed E-state index contributed by atoms with van der Waals surface area (Å²) in [5.74, 6) is 0. The normalized spacial score (nSPS) is 14.5. The summed E-state index contributed by atoms with van der Waals surface area (Å²) in [4.78, 5) is 17.7. The number of amides is 2. The van der Waals surface area contributed by atoms with Crippen molar-refractivity contribution in [2.45, 2.75) is 32.4 Å². The Labute approximate surface area is 148 Å². The smallest absolute Gasteiger partial charge is 0.317 e. The molecule has 128 valence electrons. The molecule has 1 fully saturated rings. The van der Waals surface area contributed by atoms with Crippen LogP contribution in [0.3, 0.4) is 0 Å². The summed E-state index contributed by atoms with van der Waals surface area (Å²) in [7, 11) is 1.86. The van der Waals surface area contributed by atoms with Gasteiger partial charge < -0.3 is 15.1 Å². The molecule has 0 bridgehead atoms. The molecule has 1 N–H and O–H groups in total. The van der Waals surface area contributed by atoms with Crippen LogP contribution in [0.15, 0.2) is 41.8 Å². The van der Waals surface area contributed by atoms with Crippen molar-refractivity contribution in [1.82, 2.24) is 10.2 Å². The standard InChI is InChI=1S/C19H25N3OS/c1-21(19(23)20-14-17-9-7-13-24-17)15-16-8-3-4-10-18(16)22-11-5-2-6-12-22/h3-4,7-10,13H,2,5-6,11-12,14-15H2,1H3,(H,20,23). The Morgan fingerprint density at radius 1 is 1.17 bits per heavy atom. The van der Waals surface area contributed by atoms with Crippen LogP contribution in [0.2, 0.25) is 0 Å². The van der Waals surface area contributed by atoms with Crippen LogP contribution in [-0.4, -0.2) is 31.1 Å². The topological polar surface area (TPSA) is 35.6 Å². The van der Waals surface area contributed by atoms with Crippen LogP contribution < -0.4 is 10.2 Å². The lowest BCUT2D eigenvalue weighted by molar-refractivity contribution is 0.206. The first-order valence-corrected chi connectivity index (χ1v) is 9.46. The number of urea groups is 1. The predicted molar refractivity (Wildman–Crippen MR) is 101 cm³/mol. The van der Waals surface area contributed by atoms with Crippen molar-refractivity contribution >= 4 is 23.1 Å². The van der Waals surface area contributed by atoms with Crippen LogP contribution in [-0.2, 0) is 13.1 Å². The number of para-hydroxylation sites is 1. The first-order valence-electron chi connectivity index (χ1n) is 8.58.